The van der Waals surface area contributed by atoms with Gasteiger partial charge in [0.15, 0.2) is 0 Å². The highest BCUT2D eigenvalue weighted by Gasteiger charge is 2.26. The van der Waals surface area contributed by atoms with E-state index in [9.17, 15) is 9.59 Å². The number of hydrogen-bond donors (Lipinski definition) is 2. The molecule has 30 heavy (non-hydrogen) atoms. The maximum atomic E-state index is 12.3. The topological polar surface area (TPSA) is 91.7 Å². The number of amides is 2. The number of H-pyrrole nitrogens is 1. The van der Waals surface area contributed by atoms with E-state index in [4.69, 9.17) is 10.5 Å². The molecule has 1 aliphatic rings. The Labute approximate surface area is 183 Å². The minimum absolute atomic E-state index is 0.266. The van der Waals surface area contributed by atoms with Crippen LogP contribution in [0, 0.1) is 0 Å². The van der Waals surface area contributed by atoms with Crippen LogP contribution in [-0.2, 0) is 4.74 Å². The van der Waals surface area contributed by atoms with Crippen molar-refractivity contribution in [2.75, 3.05) is 31.1 Å². The summed E-state index contributed by atoms with van der Waals surface area (Å²) in [5.41, 5.74) is 8.28. The zero-order valence-corrected chi connectivity index (χ0v) is 18.9. The van der Waals surface area contributed by atoms with Crippen LogP contribution >= 0.6 is 15.9 Å². The predicted molar refractivity (Wildman–Crippen MR) is 122 cm³/mol. The maximum absolute atomic E-state index is 12.3. The van der Waals surface area contributed by atoms with Gasteiger partial charge in [-0.1, -0.05) is 22.0 Å². The number of primary amides is 1. The molecule has 1 aromatic heterocycles. The molecule has 3 N–H and O–H groups in total. The van der Waals surface area contributed by atoms with E-state index in [1.165, 1.54) is 0 Å². The fourth-order valence-corrected chi connectivity index (χ4v) is 4.28. The number of halogens is 1. The summed E-state index contributed by atoms with van der Waals surface area (Å²) >= 11 is 3.46. The largest absolute Gasteiger partial charge is 0.444 e. The lowest BCUT2D eigenvalue weighted by atomic mass is 10.1. The number of fused-ring (bicyclic) bond motifs is 3. The van der Waals surface area contributed by atoms with Crippen LogP contribution in [0.2, 0.25) is 0 Å². The molecule has 0 bridgehead atoms. The molecule has 0 unspecified atom stereocenters. The van der Waals surface area contributed by atoms with Crippen molar-refractivity contribution in [2.45, 2.75) is 26.4 Å². The average Bonchev–Trinajstić information content (AvgIpc) is 3.03. The second-order valence-electron chi connectivity index (χ2n) is 8.55. The lowest BCUT2D eigenvalue weighted by Gasteiger charge is -2.36. The molecule has 4 rings (SSSR count). The number of nitrogens with two attached hydrogens (primary N) is 1. The molecule has 0 aliphatic carbocycles. The lowest BCUT2D eigenvalue weighted by Crippen LogP contribution is -2.50. The summed E-state index contributed by atoms with van der Waals surface area (Å²) in [6.45, 7) is 8.29. The van der Waals surface area contributed by atoms with Gasteiger partial charge in [0.25, 0.3) is 5.91 Å². The molecule has 2 amide bonds. The number of nitrogens with zero attached hydrogens (tertiary/aromatic N) is 2. The van der Waals surface area contributed by atoms with Crippen LogP contribution in [-0.4, -0.2) is 53.7 Å². The Balaban J connectivity index is 1.58. The summed E-state index contributed by atoms with van der Waals surface area (Å²) in [5, 5.41) is 1.99. The monoisotopic (exact) mass is 472 g/mol. The SMILES string of the molecule is CC(C)(C)OC(=O)N1CCN(c2ccc3c(c2)[nH]c2c(C(N)=O)cc(Br)cc23)CC1. The molecule has 1 fully saturated rings. The van der Waals surface area contributed by atoms with E-state index in [2.05, 4.69) is 44.0 Å². The number of aromatic nitrogens is 1. The minimum Gasteiger partial charge on any atom is -0.444 e. The van der Waals surface area contributed by atoms with Gasteiger partial charge in [0.2, 0.25) is 0 Å². The van der Waals surface area contributed by atoms with Crippen LogP contribution in [0.5, 0.6) is 0 Å². The molecule has 2 aromatic carbocycles. The number of piperazine rings is 1. The van der Waals surface area contributed by atoms with Gasteiger partial charge in [0.1, 0.15) is 5.60 Å². The maximum Gasteiger partial charge on any atom is 0.410 e. The Morgan fingerprint density at radius 1 is 1.07 bits per heavy atom. The van der Waals surface area contributed by atoms with Crippen molar-refractivity contribution in [2.24, 2.45) is 5.73 Å². The number of ether oxygens (including phenoxy) is 1. The summed E-state index contributed by atoms with van der Waals surface area (Å²) in [7, 11) is 0. The fourth-order valence-electron chi connectivity index (χ4n) is 3.82. The summed E-state index contributed by atoms with van der Waals surface area (Å²) in [6, 6.07) is 9.93. The molecule has 0 spiro atoms. The number of hydrogen-bond acceptors (Lipinski definition) is 4. The van der Waals surface area contributed by atoms with Gasteiger partial charge in [-0.15, -0.1) is 0 Å². The number of aromatic amines is 1. The summed E-state index contributed by atoms with van der Waals surface area (Å²) in [4.78, 5) is 31.5. The molecule has 8 heteroatoms. The molecule has 1 saturated heterocycles. The summed E-state index contributed by atoms with van der Waals surface area (Å²) in [5.74, 6) is -0.466. The van der Waals surface area contributed by atoms with Crippen LogP contribution in [0.25, 0.3) is 21.8 Å². The van der Waals surface area contributed by atoms with Crippen LogP contribution in [0.3, 0.4) is 0 Å². The average molecular weight is 473 g/mol. The molecule has 3 aromatic rings. The van der Waals surface area contributed by atoms with E-state index < -0.39 is 11.5 Å². The molecule has 0 atom stereocenters. The summed E-state index contributed by atoms with van der Waals surface area (Å²) in [6.07, 6.45) is -0.266. The minimum atomic E-state index is -0.492. The Morgan fingerprint density at radius 3 is 2.40 bits per heavy atom. The summed E-state index contributed by atoms with van der Waals surface area (Å²) < 4.78 is 6.28. The fraction of sp³-hybridized carbons (Fsp3) is 0.364. The number of carbonyl (C=O) groups excluding carboxylic acids is 2. The first-order chi connectivity index (χ1) is 14.1. The molecule has 1 aliphatic heterocycles. The number of benzene rings is 2. The van der Waals surface area contributed by atoms with E-state index in [0.29, 0.717) is 18.7 Å². The third kappa shape index (κ3) is 3.96. The molecular formula is C22H25BrN4O3. The lowest BCUT2D eigenvalue weighted by molar-refractivity contribution is 0.0240. The highest BCUT2D eigenvalue weighted by molar-refractivity contribution is 9.10. The third-order valence-corrected chi connectivity index (χ3v) is 5.68. The van der Waals surface area contributed by atoms with E-state index in [0.717, 1.165) is 45.1 Å². The molecule has 2 heterocycles. The highest BCUT2D eigenvalue weighted by Crippen LogP contribution is 2.33. The first-order valence-electron chi connectivity index (χ1n) is 9.90. The number of carbonyl (C=O) groups is 2. The van der Waals surface area contributed by atoms with E-state index in [1.54, 1.807) is 11.0 Å². The Hall–Kier alpha value is -2.74. The van der Waals surface area contributed by atoms with Crippen LogP contribution < -0.4 is 10.6 Å². The van der Waals surface area contributed by atoms with Gasteiger partial charge >= 0.3 is 6.09 Å². The van der Waals surface area contributed by atoms with Gasteiger partial charge in [-0.25, -0.2) is 4.79 Å². The van der Waals surface area contributed by atoms with Crippen molar-refractivity contribution in [1.82, 2.24) is 9.88 Å². The quantitative estimate of drug-likeness (QED) is 0.583. The van der Waals surface area contributed by atoms with E-state index in [1.807, 2.05) is 26.8 Å². The Bertz CT molecular complexity index is 1140. The molecule has 0 radical (unpaired) electrons. The second kappa shape index (κ2) is 7.50. The standard InChI is InChI=1S/C22H25BrN4O3/c1-22(2,3)30-21(29)27-8-6-26(7-9-27)14-4-5-15-16-10-13(23)11-17(20(24)28)19(16)25-18(15)12-14/h4-5,10-12,25H,6-9H2,1-3H3,(H2,24,28). The van der Waals surface area contributed by atoms with Gasteiger partial charge < -0.3 is 25.3 Å². The van der Waals surface area contributed by atoms with Crippen molar-refractivity contribution in [3.8, 4) is 0 Å². The van der Waals surface area contributed by atoms with Crippen molar-refractivity contribution in [1.29, 1.82) is 0 Å². The van der Waals surface area contributed by atoms with Crippen molar-refractivity contribution in [3.63, 3.8) is 0 Å². The van der Waals surface area contributed by atoms with Gasteiger partial charge in [-0.05, 0) is 45.0 Å². The van der Waals surface area contributed by atoms with Gasteiger partial charge in [0.05, 0.1) is 11.1 Å². The van der Waals surface area contributed by atoms with Gasteiger partial charge in [-0.2, -0.15) is 0 Å². The number of anilines is 1. The number of rotatable bonds is 2. The first-order valence-corrected chi connectivity index (χ1v) is 10.7. The normalized spacial score (nSPS) is 15.1. The molecule has 158 valence electrons. The highest BCUT2D eigenvalue weighted by atomic mass is 79.9. The van der Waals surface area contributed by atoms with Crippen LogP contribution in [0.4, 0.5) is 10.5 Å². The van der Waals surface area contributed by atoms with Crippen LogP contribution in [0.1, 0.15) is 31.1 Å². The zero-order valence-electron chi connectivity index (χ0n) is 17.3. The smallest absolute Gasteiger partial charge is 0.410 e. The first kappa shape index (κ1) is 20.5. The van der Waals surface area contributed by atoms with Crippen molar-refractivity contribution >= 4 is 55.4 Å². The second-order valence-corrected chi connectivity index (χ2v) is 9.47. The van der Waals surface area contributed by atoms with E-state index >= 15 is 0 Å². The van der Waals surface area contributed by atoms with Gasteiger partial charge in [-0.3, -0.25) is 4.79 Å². The third-order valence-electron chi connectivity index (χ3n) is 5.22. The molecular weight excluding hydrogens is 448 g/mol. The van der Waals surface area contributed by atoms with Crippen molar-refractivity contribution < 1.29 is 14.3 Å². The molecule has 0 saturated carbocycles. The predicted octanol–water partition coefficient (Wildman–Crippen LogP) is 4.24. The Morgan fingerprint density at radius 2 is 1.77 bits per heavy atom. The number of nitrogens with one attached hydrogen (secondary N) is 1. The van der Waals surface area contributed by atoms with Crippen LogP contribution in [0.15, 0.2) is 34.8 Å². The van der Waals surface area contributed by atoms with E-state index in [-0.39, 0.29) is 6.09 Å². The van der Waals surface area contributed by atoms with Crippen molar-refractivity contribution in [3.05, 3.63) is 40.4 Å². The molecule has 7 nitrogen and oxygen atoms in total. The van der Waals surface area contributed by atoms with Gasteiger partial charge in [0, 0.05) is 52.6 Å². The Kier molecular flexibility index (Phi) is 5.13. The zero-order chi connectivity index (χ0) is 21.6.